The Morgan fingerprint density at radius 2 is 1.75 bits per heavy atom. The van der Waals surface area contributed by atoms with Gasteiger partial charge in [0.05, 0.1) is 32.3 Å². The highest BCUT2D eigenvalue weighted by molar-refractivity contribution is 6.30. The first-order valence-corrected chi connectivity index (χ1v) is 14.4. The molecule has 0 bridgehead atoms. The Labute approximate surface area is 241 Å². The standard InChI is InChI=1S/C31H39ClN2O6/c1-6-39-30(37)18-28(35)33(4)23-11-13-24(14-12-23)34-29(36)16-21-15-26(38-5)27(40-19(2)3)17-25(21)31(34)20-7-9-22(32)10-8-20/h7-10,15,17,19,23-24,31H,6,11-14,16,18H2,1-5H3. The maximum absolute atomic E-state index is 13.8. The van der Waals surface area contributed by atoms with Gasteiger partial charge in [0.2, 0.25) is 11.8 Å². The summed E-state index contributed by atoms with van der Waals surface area (Å²) in [6.45, 7) is 5.91. The Morgan fingerprint density at radius 3 is 2.35 bits per heavy atom. The molecule has 1 heterocycles. The van der Waals surface area contributed by atoms with Crippen molar-refractivity contribution >= 4 is 29.4 Å². The molecular formula is C31H39ClN2O6. The highest BCUT2D eigenvalue weighted by Gasteiger charge is 2.41. The van der Waals surface area contributed by atoms with Crippen molar-refractivity contribution in [3.63, 3.8) is 0 Å². The topological polar surface area (TPSA) is 85.4 Å². The minimum Gasteiger partial charge on any atom is -0.493 e. The summed E-state index contributed by atoms with van der Waals surface area (Å²) in [7, 11) is 3.35. The lowest BCUT2D eigenvalue weighted by atomic mass is 9.82. The number of hydrogen-bond acceptors (Lipinski definition) is 6. The summed E-state index contributed by atoms with van der Waals surface area (Å²) in [6, 6.07) is 11.3. The van der Waals surface area contributed by atoms with Gasteiger partial charge in [0.1, 0.15) is 6.42 Å². The summed E-state index contributed by atoms with van der Waals surface area (Å²) in [5.74, 6) is 0.571. The second-order valence-electron chi connectivity index (χ2n) is 10.7. The van der Waals surface area contributed by atoms with Gasteiger partial charge in [-0.25, -0.2) is 0 Å². The van der Waals surface area contributed by atoms with Crippen molar-refractivity contribution in [1.82, 2.24) is 9.80 Å². The van der Waals surface area contributed by atoms with E-state index in [1.165, 1.54) is 0 Å². The van der Waals surface area contributed by atoms with E-state index < -0.39 is 5.97 Å². The fourth-order valence-corrected chi connectivity index (χ4v) is 5.99. The largest absolute Gasteiger partial charge is 0.493 e. The van der Waals surface area contributed by atoms with E-state index in [2.05, 4.69) is 0 Å². The smallest absolute Gasteiger partial charge is 0.315 e. The van der Waals surface area contributed by atoms with Crippen LogP contribution < -0.4 is 9.47 Å². The highest BCUT2D eigenvalue weighted by atomic mass is 35.5. The number of carbonyl (C=O) groups excluding carboxylic acids is 3. The monoisotopic (exact) mass is 570 g/mol. The summed E-state index contributed by atoms with van der Waals surface area (Å²) in [5.41, 5.74) is 2.91. The lowest BCUT2D eigenvalue weighted by Gasteiger charge is -2.46. The van der Waals surface area contributed by atoms with Crippen molar-refractivity contribution in [2.45, 2.75) is 83.5 Å². The molecule has 1 saturated carbocycles. The third-order valence-corrected chi connectivity index (χ3v) is 8.03. The number of benzene rings is 2. The molecule has 4 rings (SSSR count). The zero-order chi connectivity index (χ0) is 29.0. The number of nitrogens with zero attached hydrogens (tertiary/aromatic N) is 2. The number of amides is 2. The minimum absolute atomic E-state index is 0.00251. The quantitative estimate of drug-likeness (QED) is 0.299. The van der Waals surface area contributed by atoms with Gasteiger partial charge in [-0.1, -0.05) is 23.7 Å². The molecule has 1 fully saturated rings. The Kier molecular flexibility index (Phi) is 9.61. The summed E-state index contributed by atoms with van der Waals surface area (Å²) in [5, 5.41) is 0.632. The normalized spacial score (nSPS) is 20.6. The van der Waals surface area contributed by atoms with E-state index in [-0.39, 0.29) is 55.5 Å². The molecule has 0 aromatic heterocycles. The number of carbonyl (C=O) groups is 3. The van der Waals surface area contributed by atoms with Gasteiger partial charge in [0.25, 0.3) is 0 Å². The highest BCUT2D eigenvalue weighted by Crippen LogP contribution is 2.44. The first-order chi connectivity index (χ1) is 19.1. The third kappa shape index (κ3) is 6.54. The maximum Gasteiger partial charge on any atom is 0.315 e. The molecule has 0 saturated heterocycles. The number of ether oxygens (including phenoxy) is 3. The van der Waals surface area contributed by atoms with Crippen LogP contribution in [0.2, 0.25) is 5.02 Å². The van der Waals surface area contributed by atoms with E-state index in [0.29, 0.717) is 16.5 Å². The molecule has 2 aromatic carbocycles. The molecule has 40 heavy (non-hydrogen) atoms. The van der Waals surface area contributed by atoms with Crippen LogP contribution in [0.4, 0.5) is 0 Å². The number of halogens is 1. The van der Waals surface area contributed by atoms with Crippen molar-refractivity contribution in [1.29, 1.82) is 0 Å². The fraction of sp³-hybridized carbons (Fsp3) is 0.516. The van der Waals surface area contributed by atoms with Crippen LogP contribution in [-0.4, -0.2) is 66.5 Å². The summed E-state index contributed by atoms with van der Waals surface area (Å²) >= 11 is 6.23. The molecule has 2 amide bonds. The number of hydrogen-bond donors (Lipinski definition) is 0. The second-order valence-corrected chi connectivity index (χ2v) is 11.2. The SMILES string of the molecule is CCOC(=O)CC(=O)N(C)C1CCC(N2C(=O)Cc3cc(OC)c(OC(C)C)cc3C2c2ccc(Cl)cc2)CC1. The van der Waals surface area contributed by atoms with Gasteiger partial charge in [0, 0.05) is 24.2 Å². The average Bonchev–Trinajstić information content (AvgIpc) is 2.92. The van der Waals surface area contributed by atoms with Gasteiger partial charge >= 0.3 is 5.97 Å². The Morgan fingerprint density at radius 1 is 1.07 bits per heavy atom. The molecule has 8 nitrogen and oxygen atoms in total. The van der Waals surface area contributed by atoms with Crippen LogP contribution >= 0.6 is 11.6 Å². The van der Waals surface area contributed by atoms with Crippen LogP contribution in [0.3, 0.4) is 0 Å². The average molecular weight is 571 g/mol. The molecule has 2 aromatic rings. The van der Waals surface area contributed by atoms with E-state index in [9.17, 15) is 14.4 Å². The molecule has 1 aliphatic carbocycles. The van der Waals surface area contributed by atoms with Crippen molar-refractivity contribution in [3.8, 4) is 11.5 Å². The molecule has 216 valence electrons. The summed E-state index contributed by atoms with van der Waals surface area (Å²) in [6.07, 6.45) is 2.95. The number of esters is 1. The fourth-order valence-electron chi connectivity index (χ4n) is 5.87. The lowest BCUT2D eigenvalue weighted by Crippen LogP contribution is -2.50. The molecular weight excluding hydrogens is 532 g/mol. The van der Waals surface area contributed by atoms with E-state index in [0.717, 1.165) is 42.4 Å². The summed E-state index contributed by atoms with van der Waals surface area (Å²) in [4.78, 5) is 41.9. The van der Waals surface area contributed by atoms with Gasteiger partial charge < -0.3 is 24.0 Å². The number of fused-ring (bicyclic) bond motifs is 1. The second kappa shape index (κ2) is 12.9. The number of rotatable bonds is 9. The first kappa shape index (κ1) is 29.7. The van der Waals surface area contributed by atoms with E-state index >= 15 is 0 Å². The Bertz CT molecular complexity index is 1220. The molecule has 0 spiro atoms. The zero-order valence-corrected chi connectivity index (χ0v) is 24.7. The van der Waals surface area contributed by atoms with Crippen LogP contribution in [0.1, 0.15) is 75.6 Å². The van der Waals surface area contributed by atoms with Crippen molar-refractivity contribution < 1.29 is 28.6 Å². The predicted molar refractivity (Wildman–Crippen MR) is 153 cm³/mol. The van der Waals surface area contributed by atoms with Gasteiger partial charge in [-0.2, -0.15) is 0 Å². The van der Waals surface area contributed by atoms with Crippen LogP contribution in [0.25, 0.3) is 0 Å². The molecule has 9 heteroatoms. The molecule has 0 radical (unpaired) electrons. The van der Waals surface area contributed by atoms with Crippen molar-refractivity contribution in [3.05, 3.63) is 58.1 Å². The van der Waals surface area contributed by atoms with Gasteiger partial charge in [-0.15, -0.1) is 0 Å². The molecule has 2 aliphatic rings. The van der Waals surface area contributed by atoms with Crippen molar-refractivity contribution in [2.75, 3.05) is 20.8 Å². The van der Waals surface area contributed by atoms with E-state index in [4.69, 9.17) is 25.8 Å². The lowest BCUT2D eigenvalue weighted by molar-refractivity contribution is -0.149. The molecule has 1 unspecified atom stereocenters. The van der Waals surface area contributed by atoms with E-state index in [1.807, 2.05) is 55.1 Å². The summed E-state index contributed by atoms with van der Waals surface area (Å²) < 4.78 is 16.6. The van der Waals surface area contributed by atoms with Crippen LogP contribution in [0.15, 0.2) is 36.4 Å². The first-order valence-electron chi connectivity index (χ1n) is 14.0. The van der Waals surface area contributed by atoms with E-state index in [1.54, 1.807) is 26.0 Å². The Balaban J connectivity index is 1.61. The van der Waals surface area contributed by atoms with Gasteiger partial charge in [0.15, 0.2) is 11.5 Å². The van der Waals surface area contributed by atoms with Crippen molar-refractivity contribution in [2.24, 2.45) is 0 Å². The zero-order valence-electron chi connectivity index (χ0n) is 23.9. The van der Waals surface area contributed by atoms with Crippen LogP contribution in [0, 0.1) is 0 Å². The van der Waals surface area contributed by atoms with Crippen LogP contribution in [0.5, 0.6) is 11.5 Å². The van der Waals surface area contributed by atoms with Gasteiger partial charge in [-0.05, 0) is 87.4 Å². The predicted octanol–water partition coefficient (Wildman–Crippen LogP) is 5.33. The van der Waals surface area contributed by atoms with Crippen LogP contribution in [-0.2, 0) is 25.5 Å². The van der Waals surface area contributed by atoms with Gasteiger partial charge in [-0.3, -0.25) is 14.4 Å². The molecule has 1 atom stereocenters. The maximum atomic E-state index is 13.8. The minimum atomic E-state index is -0.506. The Hall–Kier alpha value is -3.26. The third-order valence-electron chi connectivity index (χ3n) is 7.78. The number of methoxy groups -OCH3 is 1. The molecule has 1 aliphatic heterocycles. The molecule has 0 N–H and O–H groups in total.